The van der Waals surface area contributed by atoms with Crippen molar-refractivity contribution in [3.05, 3.63) is 40.0 Å². The molecule has 0 saturated carbocycles. The quantitative estimate of drug-likeness (QED) is 0.708. The Labute approximate surface area is 174 Å². The fourth-order valence-corrected chi connectivity index (χ4v) is 5.06. The van der Waals surface area contributed by atoms with Crippen LogP contribution in [-0.4, -0.2) is 25.2 Å². The van der Waals surface area contributed by atoms with Crippen LogP contribution in [0.2, 0.25) is 0 Å². The molecule has 0 bridgehead atoms. The van der Waals surface area contributed by atoms with Crippen LogP contribution in [0.5, 0.6) is 0 Å². The van der Waals surface area contributed by atoms with Gasteiger partial charge in [-0.1, -0.05) is 27.7 Å². The summed E-state index contributed by atoms with van der Waals surface area (Å²) in [6.45, 7) is 10.5. The molecule has 2 aromatic heterocycles. The highest BCUT2D eigenvalue weighted by Gasteiger charge is 2.25. The van der Waals surface area contributed by atoms with Crippen LogP contribution in [0.25, 0.3) is 0 Å². The van der Waals surface area contributed by atoms with Crippen LogP contribution in [0.1, 0.15) is 75.2 Å². The summed E-state index contributed by atoms with van der Waals surface area (Å²) in [5.74, 6) is -1.42. The van der Waals surface area contributed by atoms with Gasteiger partial charge in [-0.25, -0.2) is 18.7 Å². The molecule has 160 valence electrons. The van der Waals surface area contributed by atoms with Crippen molar-refractivity contribution in [3.63, 3.8) is 0 Å². The Morgan fingerprint density at radius 2 is 1.90 bits per heavy atom. The van der Waals surface area contributed by atoms with Crippen molar-refractivity contribution < 1.29 is 18.5 Å². The third-order valence-electron chi connectivity index (χ3n) is 4.19. The van der Waals surface area contributed by atoms with Crippen molar-refractivity contribution in [2.24, 2.45) is 9.50 Å². The van der Waals surface area contributed by atoms with Gasteiger partial charge in [0.05, 0.1) is 18.8 Å². The highest BCUT2D eigenvalue weighted by molar-refractivity contribution is 7.93. The van der Waals surface area contributed by atoms with Crippen LogP contribution in [0, 0.1) is 5.82 Å². The minimum absolute atomic E-state index is 0.0334. The number of nitrogens with two attached hydrogens (primary N) is 1. The maximum atomic E-state index is 14.4. The van der Waals surface area contributed by atoms with Gasteiger partial charge in [0.2, 0.25) is 0 Å². The van der Waals surface area contributed by atoms with E-state index in [0.717, 1.165) is 17.5 Å². The molecule has 0 spiro atoms. The molecular formula is C19H27FN4O3S2. The summed E-state index contributed by atoms with van der Waals surface area (Å²) >= 11 is 0.934. The number of carbonyl (C=O) groups is 1. The summed E-state index contributed by atoms with van der Waals surface area (Å²) in [6.07, 6.45) is 2.16. The van der Waals surface area contributed by atoms with Gasteiger partial charge in [-0.2, -0.15) is 0 Å². The zero-order valence-electron chi connectivity index (χ0n) is 17.4. The molecule has 0 aliphatic carbocycles. The SMILES string of the molecule is CC(C)c1ncc(F)c(C(C)C)c1CC(=O)N=[S@@](N)(=O)c1cnc(C(C)(C)O)s1. The van der Waals surface area contributed by atoms with E-state index in [-0.39, 0.29) is 22.5 Å². The minimum atomic E-state index is -3.54. The number of pyridine rings is 1. The normalized spacial score (nSPS) is 14.3. The molecular weight excluding hydrogens is 415 g/mol. The number of hydrogen-bond donors (Lipinski definition) is 2. The monoisotopic (exact) mass is 442 g/mol. The van der Waals surface area contributed by atoms with Crippen LogP contribution in [0.15, 0.2) is 21.0 Å². The molecule has 0 fully saturated rings. The summed E-state index contributed by atoms with van der Waals surface area (Å²) < 4.78 is 31.0. The average Bonchev–Trinajstić information content (AvgIpc) is 3.04. The van der Waals surface area contributed by atoms with Gasteiger partial charge in [-0.3, -0.25) is 9.78 Å². The molecule has 0 saturated heterocycles. The molecule has 1 atom stereocenters. The van der Waals surface area contributed by atoms with Crippen molar-refractivity contribution in [1.29, 1.82) is 0 Å². The third kappa shape index (κ3) is 5.44. The minimum Gasteiger partial charge on any atom is -0.383 e. The molecule has 0 radical (unpaired) electrons. The van der Waals surface area contributed by atoms with Gasteiger partial charge in [-0.15, -0.1) is 15.7 Å². The third-order valence-corrected chi connectivity index (χ3v) is 7.42. The molecule has 0 unspecified atom stereocenters. The number of halogens is 1. The van der Waals surface area contributed by atoms with E-state index in [1.165, 1.54) is 20.0 Å². The Balaban J connectivity index is 2.46. The first-order valence-corrected chi connectivity index (χ1v) is 11.6. The number of thiazole rings is 1. The summed E-state index contributed by atoms with van der Waals surface area (Å²) in [5, 5.41) is 16.1. The number of aromatic nitrogens is 2. The molecule has 1 amide bonds. The zero-order valence-corrected chi connectivity index (χ0v) is 19.0. The van der Waals surface area contributed by atoms with Crippen molar-refractivity contribution in [2.45, 2.75) is 69.6 Å². The second-order valence-corrected chi connectivity index (χ2v) is 11.0. The topological polar surface area (TPSA) is 119 Å². The Kier molecular flexibility index (Phi) is 6.93. The fourth-order valence-electron chi connectivity index (χ4n) is 2.92. The maximum Gasteiger partial charge on any atom is 0.259 e. The van der Waals surface area contributed by atoms with E-state index < -0.39 is 27.2 Å². The Morgan fingerprint density at radius 3 is 2.38 bits per heavy atom. The van der Waals surface area contributed by atoms with E-state index in [4.69, 9.17) is 5.14 Å². The Bertz CT molecular complexity index is 1030. The average molecular weight is 443 g/mol. The molecule has 7 nitrogen and oxygen atoms in total. The van der Waals surface area contributed by atoms with E-state index in [2.05, 4.69) is 14.3 Å². The highest BCUT2D eigenvalue weighted by atomic mass is 32.2. The second-order valence-electron chi connectivity index (χ2n) is 7.97. The van der Waals surface area contributed by atoms with E-state index >= 15 is 0 Å². The van der Waals surface area contributed by atoms with Crippen LogP contribution < -0.4 is 5.14 Å². The standard InChI is InChI=1S/C19H27FN4O3S2/c1-10(2)16-12(17(11(3)4)22-8-13(16)20)7-14(25)24-29(21,27)15-9-23-18(28-15)19(5,6)26/h8-11,26H,7H2,1-6H3,(H2,21,24,25,27)/t29-/m1/s1. The molecule has 3 N–H and O–H groups in total. The maximum absolute atomic E-state index is 14.4. The summed E-state index contributed by atoms with van der Waals surface area (Å²) in [7, 11) is -3.54. The van der Waals surface area contributed by atoms with Crippen LogP contribution >= 0.6 is 11.3 Å². The first-order valence-electron chi connectivity index (χ1n) is 9.17. The molecule has 0 aromatic carbocycles. The number of amides is 1. The van der Waals surface area contributed by atoms with Gasteiger partial charge < -0.3 is 5.11 Å². The van der Waals surface area contributed by atoms with Gasteiger partial charge in [-0.05, 0) is 36.8 Å². The molecule has 2 aromatic rings. The molecule has 2 heterocycles. The second kappa shape index (κ2) is 8.55. The first-order chi connectivity index (χ1) is 13.2. The van der Waals surface area contributed by atoms with Crippen molar-refractivity contribution in [2.75, 3.05) is 0 Å². The lowest BCUT2D eigenvalue weighted by molar-refractivity contribution is -0.117. The smallest absolute Gasteiger partial charge is 0.259 e. The summed E-state index contributed by atoms with van der Waals surface area (Å²) in [4.78, 5) is 20.8. The van der Waals surface area contributed by atoms with Crippen molar-refractivity contribution >= 4 is 27.2 Å². The first kappa shape index (κ1) is 23.5. The van der Waals surface area contributed by atoms with E-state index in [1.807, 2.05) is 27.7 Å². The predicted octanol–water partition coefficient (Wildman–Crippen LogP) is 3.62. The van der Waals surface area contributed by atoms with Crippen molar-refractivity contribution in [3.8, 4) is 0 Å². The van der Waals surface area contributed by atoms with Crippen LogP contribution in [0.3, 0.4) is 0 Å². The largest absolute Gasteiger partial charge is 0.383 e. The highest BCUT2D eigenvalue weighted by Crippen LogP contribution is 2.30. The van der Waals surface area contributed by atoms with Gasteiger partial charge in [0.15, 0.2) is 9.92 Å². The number of hydrogen-bond acceptors (Lipinski definition) is 6. The summed E-state index contributed by atoms with van der Waals surface area (Å²) in [5.41, 5.74) is 0.233. The zero-order chi connectivity index (χ0) is 22.1. The molecule has 0 aliphatic rings. The van der Waals surface area contributed by atoms with Crippen molar-refractivity contribution in [1.82, 2.24) is 9.97 Å². The number of aliphatic hydroxyl groups is 1. The number of rotatable bonds is 6. The molecule has 10 heteroatoms. The molecule has 29 heavy (non-hydrogen) atoms. The van der Waals surface area contributed by atoms with E-state index in [9.17, 15) is 18.5 Å². The van der Waals surface area contributed by atoms with Crippen LogP contribution in [0.4, 0.5) is 4.39 Å². The number of nitrogens with zero attached hydrogens (tertiary/aromatic N) is 3. The van der Waals surface area contributed by atoms with Gasteiger partial charge >= 0.3 is 0 Å². The van der Waals surface area contributed by atoms with Crippen LogP contribution in [-0.2, 0) is 26.7 Å². The van der Waals surface area contributed by atoms with E-state index in [0.29, 0.717) is 21.8 Å². The van der Waals surface area contributed by atoms with Gasteiger partial charge in [0, 0.05) is 5.69 Å². The van der Waals surface area contributed by atoms with Gasteiger partial charge in [0.25, 0.3) is 5.91 Å². The molecule has 0 aliphatic heterocycles. The fraction of sp³-hybridized carbons (Fsp3) is 0.526. The number of carbonyl (C=O) groups excluding carboxylic acids is 1. The van der Waals surface area contributed by atoms with Gasteiger partial charge in [0.1, 0.15) is 20.6 Å². The molecule has 2 rings (SSSR count). The lowest BCUT2D eigenvalue weighted by Crippen LogP contribution is -2.17. The lowest BCUT2D eigenvalue weighted by atomic mass is 9.90. The predicted molar refractivity (Wildman–Crippen MR) is 111 cm³/mol. The van der Waals surface area contributed by atoms with E-state index in [1.54, 1.807) is 0 Å². The summed E-state index contributed by atoms with van der Waals surface area (Å²) in [6, 6.07) is 0. The Hall–Kier alpha value is -1.75. The lowest BCUT2D eigenvalue weighted by Gasteiger charge is -2.18. The Morgan fingerprint density at radius 1 is 1.28 bits per heavy atom.